The molecule has 0 amide bonds. The van der Waals surface area contributed by atoms with E-state index in [9.17, 15) is 8.78 Å². The van der Waals surface area contributed by atoms with Gasteiger partial charge in [-0.1, -0.05) is 25.1 Å². The van der Waals surface area contributed by atoms with Gasteiger partial charge in [-0.15, -0.1) is 0 Å². The molecule has 0 N–H and O–H groups in total. The monoisotopic (exact) mass is 322 g/mol. The molecule has 0 aromatic heterocycles. The van der Waals surface area contributed by atoms with Gasteiger partial charge in [-0.2, -0.15) is 4.39 Å². The maximum atomic E-state index is 14.4. The fourth-order valence-corrected chi connectivity index (χ4v) is 3.45. The van der Waals surface area contributed by atoms with Gasteiger partial charge in [0.15, 0.2) is 11.6 Å². The largest absolute Gasteiger partial charge is 0.490 e. The van der Waals surface area contributed by atoms with Crippen molar-refractivity contribution >= 4 is 0 Å². The molecule has 0 atom stereocenters. The van der Waals surface area contributed by atoms with Gasteiger partial charge in [0.25, 0.3) is 0 Å². The highest BCUT2D eigenvalue weighted by atomic mass is 19.2. The Morgan fingerprint density at radius 1 is 1.13 bits per heavy atom. The molecule has 1 aromatic rings. The summed E-state index contributed by atoms with van der Waals surface area (Å²) in [6.45, 7) is 4.40. The van der Waals surface area contributed by atoms with Crippen molar-refractivity contribution in [2.75, 3.05) is 6.61 Å². The first-order chi connectivity index (χ1) is 11.2. The summed E-state index contributed by atoms with van der Waals surface area (Å²) in [5, 5.41) is 0. The molecule has 0 heterocycles. The minimum Gasteiger partial charge on any atom is -0.490 e. The zero-order chi connectivity index (χ0) is 16.7. The van der Waals surface area contributed by atoms with E-state index < -0.39 is 11.6 Å². The lowest BCUT2D eigenvalue weighted by Crippen LogP contribution is -2.15. The number of rotatable bonds is 7. The van der Waals surface area contributed by atoms with Crippen LogP contribution < -0.4 is 4.74 Å². The van der Waals surface area contributed by atoms with E-state index in [0.717, 1.165) is 44.4 Å². The van der Waals surface area contributed by atoms with Crippen LogP contribution in [0.3, 0.4) is 0 Å². The summed E-state index contributed by atoms with van der Waals surface area (Å²) in [5.74, 6) is -0.638. The van der Waals surface area contributed by atoms with Crippen LogP contribution in [0, 0.1) is 17.6 Å². The fraction of sp³-hybridized carbons (Fsp3) is 0.600. The Balaban J connectivity index is 1.96. The second kappa shape index (κ2) is 9.05. The van der Waals surface area contributed by atoms with Gasteiger partial charge in [0.2, 0.25) is 5.82 Å². The highest BCUT2D eigenvalue weighted by molar-refractivity contribution is 5.33. The lowest BCUT2D eigenvalue weighted by atomic mass is 9.77. The van der Waals surface area contributed by atoms with Crippen molar-refractivity contribution in [2.45, 2.75) is 64.7 Å². The highest BCUT2D eigenvalue weighted by Gasteiger charge is 2.26. The molecule has 1 aliphatic carbocycles. The Hall–Kier alpha value is -1.38. The second-order valence-corrected chi connectivity index (χ2v) is 6.49. The van der Waals surface area contributed by atoms with Crippen LogP contribution >= 0.6 is 0 Å². The van der Waals surface area contributed by atoms with E-state index in [-0.39, 0.29) is 11.7 Å². The van der Waals surface area contributed by atoms with Gasteiger partial charge in [0.1, 0.15) is 0 Å². The molecule has 0 saturated heterocycles. The van der Waals surface area contributed by atoms with Gasteiger partial charge >= 0.3 is 0 Å². The van der Waals surface area contributed by atoms with E-state index in [0.29, 0.717) is 12.2 Å². The maximum absolute atomic E-state index is 14.4. The normalized spacial score (nSPS) is 21.7. The molecular weight excluding hydrogens is 294 g/mol. The molecular formula is C20H28F2O. The molecule has 1 aliphatic rings. The molecule has 1 nitrogen and oxygen atoms in total. The van der Waals surface area contributed by atoms with Crippen molar-refractivity contribution in [3.05, 3.63) is 41.5 Å². The van der Waals surface area contributed by atoms with E-state index in [2.05, 4.69) is 12.2 Å². The van der Waals surface area contributed by atoms with Crippen molar-refractivity contribution in [1.82, 2.24) is 0 Å². The molecule has 0 radical (unpaired) electrons. The zero-order valence-corrected chi connectivity index (χ0v) is 14.3. The predicted molar refractivity (Wildman–Crippen MR) is 90.9 cm³/mol. The highest BCUT2D eigenvalue weighted by Crippen LogP contribution is 2.39. The van der Waals surface area contributed by atoms with Crippen molar-refractivity contribution in [3.63, 3.8) is 0 Å². The topological polar surface area (TPSA) is 9.23 Å². The van der Waals surface area contributed by atoms with Crippen molar-refractivity contribution in [2.24, 2.45) is 5.92 Å². The SMILES string of the molecule is CC=CCCC1CCC(c2ccc(OCCC)c(F)c2F)CC1. The summed E-state index contributed by atoms with van der Waals surface area (Å²) in [7, 11) is 0. The first-order valence-electron chi connectivity index (χ1n) is 8.89. The Morgan fingerprint density at radius 3 is 2.52 bits per heavy atom. The van der Waals surface area contributed by atoms with Gasteiger partial charge in [0.05, 0.1) is 6.61 Å². The van der Waals surface area contributed by atoms with Gasteiger partial charge in [-0.25, -0.2) is 4.39 Å². The zero-order valence-electron chi connectivity index (χ0n) is 14.3. The second-order valence-electron chi connectivity index (χ2n) is 6.49. The molecule has 128 valence electrons. The summed E-state index contributed by atoms with van der Waals surface area (Å²) < 4.78 is 33.7. The predicted octanol–water partition coefficient (Wildman–Crippen LogP) is 6.38. The first-order valence-corrected chi connectivity index (χ1v) is 8.89. The molecule has 0 bridgehead atoms. The van der Waals surface area contributed by atoms with Crippen LogP contribution in [0.25, 0.3) is 0 Å². The van der Waals surface area contributed by atoms with E-state index in [1.165, 1.54) is 6.42 Å². The average molecular weight is 322 g/mol. The molecule has 1 aromatic carbocycles. The third-order valence-corrected chi connectivity index (χ3v) is 4.80. The lowest BCUT2D eigenvalue weighted by Gasteiger charge is -2.29. The Kier molecular flexibility index (Phi) is 7.07. The number of ether oxygens (including phenoxy) is 1. The number of hydrogen-bond donors (Lipinski definition) is 0. The van der Waals surface area contributed by atoms with E-state index in [4.69, 9.17) is 4.74 Å². The van der Waals surface area contributed by atoms with Gasteiger partial charge in [0, 0.05) is 0 Å². The van der Waals surface area contributed by atoms with Gasteiger partial charge < -0.3 is 4.74 Å². The van der Waals surface area contributed by atoms with Crippen LogP contribution in [-0.4, -0.2) is 6.61 Å². The smallest absolute Gasteiger partial charge is 0.200 e. The average Bonchev–Trinajstić information content (AvgIpc) is 2.57. The van der Waals surface area contributed by atoms with E-state index in [1.807, 2.05) is 13.8 Å². The Bertz CT molecular complexity index is 517. The van der Waals surface area contributed by atoms with Crippen molar-refractivity contribution in [1.29, 1.82) is 0 Å². The molecule has 0 spiro atoms. The minimum atomic E-state index is -0.828. The number of benzene rings is 1. The lowest BCUT2D eigenvalue weighted by molar-refractivity contribution is 0.288. The molecule has 23 heavy (non-hydrogen) atoms. The quantitative estimate of drug-likeness (QED) is 0.529. The maximum Gasteiger partial charge on any atom is 0.200 e. The van der Waals surface area contributed by atoms with Crippen LogP contribution in [0.1, 0.15) is 70.3 Å². The fourth-order valence-electron chi connectivity index (χ4n) is 3.45. The van der Waals surface area contributed by atoms with Crippen LogP contribution in [0.4, 0.5) is 8.78 Å². The Labute approximate surface area is 138 Å². The van der Waals surface area contributed by atoms with Crippen molar-refractivity contribution < 1.29 is 13.5 Å². The van der Waals surface area contributed by atoms with E-state index >= 15 is 0 Å². The summed E-state index contributed by atoms with van der Waals surface area (Å²) in [4.78, 5) is 0. The molecule has 3 heteroatoms. The third kappa shape index (κ3) is 4.79. The molecule has 1 saturated carbocycles. The summed E-state index contributed by atoms with van der Waals surface area (Å²) in [6.07, 6.45) is 11.5. The standard InChI is InChI=1S/C20H28F2O/c1-3-5-6-7-15-8-10-16(11-9-15)17-12-13-18(23-14-4-2)20(22)19(17)21/h3,5,12-13,15-16H,4,6-11,14H2,1-2H3. The van der Waals surface area contributed by atoms with Crippen LogP contribution in [0.2, 0.25) is 0 Å². The third-order valence-electron chi connectivity index (χ3n) is 4.80. The molecule has 0 unspecified atom stereocenters. The summed E-state index contributed by atoms with van der Waals surface area (Å²) >= 11 is 0. The molecule has 0 aliphatic heterocycles. The van der Waals surface area contributed by atoms with Crippen LogP contribution in [0.5, 0.6) is 5.75 Å². The minimum absolute atomic E-state index is 0.0353. The molecule has 1 fully saturated rings. The van der Waals surface area contributed by atoms with Gasteiger partial charge in [-0.3, -0.25) is 0 Å². The summed E-state index contributed by atoms with van der Waals surface area (Å²) in [6, 6.07) is 3.30. The first kappa shape index (κ1) is 18.0. The molecule has 2 rings (SSSR count). The summed E-state index contributed by atoms with van der Waals surface area (Å²) in [5.41, 5.74) is 0.526. The number of hydrogen-bond acceptors (Lipinski definition) is 1. The number of halogens is 2. The van der Waals surface area contributed by atoms with Crippen LogP contribution in [0.15, 0.2) is 24.3 Å². The number of allylic oxidation sites excluding steroid dienone is 2. The van der Waals surface area contributed by atoms with Gasteiger partial charge in [-0.05, 0) is 75.3 Å². The van der Waals surface area contributed by atoms with Crippen LogP contribution in [-0.2, 0) is 0 Å². The van der Waals surface area contributed by atoms with E-state index in [1.54, 1.807) is 12.1 Å². The van der Waals surface area contributed by atoms with Crippen molar-refractivity contribution in [3.8, 4) is 5.75 Å². The Morgan fingerprint density at radius 2 is 1.87 bits per heavy atom.